The highest BCUT2D eigenvalue weighted by molar-refractivity contribution is 8.19. The fourth-order valence-corrected chi connectivity index (χ4v) is 4.21. The summed E-state index contributed by atoms with van der Waals surface area (Å²) in [6.07, 6.45) is 3.85. The van der Waals surface area contributed by atoms with E-state index >= 15 is 0 Å². The number of hydrogen-bond donors (Lipinski definition) is 1. The monoisotopic (exact) mass is 444 g/mol. The largest absolute Gasteiger partial charge is 0.490 e. The van der Waals surface area contributed by atoms with Crippen LogP contribution in [-0.2, 0) is 4.79 Å². The summed E-state index contributed by atoms with van der Waals surface area (Å²) in [5.74, 6) is 0.405. The summed E-state index contributed by atoms with van der Waals surface area (Å²) in [7, 11) is 0. The van der Waals surface area contributed by atoms with Gasteiger partial charge in [0.15, 0.2) is 5.17 Å². The van der Waals surface area contributed by atoms with Crippen LogP contribution in [0.2, 0.25) is 5.02 Å². The number of aliphatic hydroxyl groups excluding tert-OH is 1. The fourth-order valence-electron chi connectivity index (χ4n) is 2.97. The molecule has 1 aliphatic rings. The third-order valence-electron chi connectivity index (χ3n) is 4.52. The summed E-state index contributed by atoms with van der Waals surface area (Å²) < 4.78 is 5.39. The van der Waals surface area contributed by atoms with Gasteiger partial charge in [0.2, 0.25) is 0 Å². The Bertz CT molecular complexity index is 975. The van der Waals surface area contributed by atoms with Gasteiger partial charge >= 0.3 is 0 Å². The SMILES string of the molecule is CCCCN=C1S/C(=C\c2ccc(OCCO)c(Cl)c2)C(=O)N1c1ccccc1C. The molecule has 0 saturated carbocycles. The highest BCUT2D eigenvalue weighted by Crippen LogP contribution is 2.38. The molecule has 1 saturated heterocycles. The predicted octanol–water partition coefficient (Wildman–Crippen LogP) is 5.30. The molecule has 2 aromatic carbocycles. The number of halogens is 1. The average Bonchev–Trinajstić information content (AvgIpc) is 3.03. The normalized spacial score (nSPS) is 16.7. The Kier molecular flexibility index (Phi) is 7.96. The van der Waals surface area contributed by atoms with Gasteiger partial charge in [0.05, 0.1) is 22.2 Å². The van der Waals surface area contributed by atoms with Gasteiger partial charge in [-0.1, -0.05) is 49.2 Å². The van der Waals surface area contributed by atoms with E-state index in [2.05, 4.69) is 6.92 Å². The quantitative estimate of drug-likeness (QED) is 0.443. The first-order chi connectivity index (χ1) is 14.5. The molecular weight excluding hydrogens is 420 g/mol. The molecule has 0 aliphatic carbocycles. The molecule has 1 heterocycles. The van der Waals surface area contributed by atoms with E-state index in [9.17, 15) is 4.79 Å². The minimum Gasteiger partial charge on any atom is -0.490 e. The van der Waals surface area contributed by atoms with Crippen molar-refractivity contribution in [2.75, 3.05) is 24.7 Å². The smallest absolute Gasteiger partial charge is 0.271 e. The summed E-state index contributed by atoms with van der Waals surface area (Å²) in [4.78, 5) is 20.3. The zero-order chi connectivity index (χ0) is 21.5. The van der Waals surface area contributed by atoms with E-state index in [0.29, 0.717) is 27.4 Å². The van der Waals surface area contributed by atoms with Crippen molar-refractivity contribution < 1.29 is 14.6 Å². The number of anilines is 1. The number of para-hydroxylation sites is 1. The Labute approximate surface area is 186 Å². The molecule has 1 aliphatic heterocycles. The molecule has 7 heteroatoms. The van der Waals surface area contributed by atoms with Gasteiger partial charge in [0.1, 0.15) is 12.4 Å². The van der Waals surface area contributed by atoms with Crippen LogP contribution in [0.25, 0.3) is 6.08 Å². The lowest BCUT2D eigenvalue weighted by Crippen LogP contribution is -2.29. The Morgan fingerprint density at radius 2 is 2.07 bits per heavy atom. The molecular formula is C23H25ClN2O3S. The number of aryl methyl sites for hydroxylation is 1. The Morgan fingerprint density at radius 1 is 1.27 bits per heavy atom. The molecule has 2 aromatic rings. The zero-order valence-electron chi connectivity index (χ0n) is 17.1. The number of hydrogen-bond acceptors (Lipinski definition) is 5. The maximum atomic E-state index is 13.3. The Morgan fingerprint density at radius 3 is 2.77 bits per heavy atom. The van der Waals surface area contributed by atoms with Gasteiger partial charge in [-0.05, 0) is 60.5 Å². The Balaban J connectivity index is 1.92. The summed E-state index contributed by atoms with van der Waals surface area (Å²) in [5, 5.41) is 10.0. The second-order valence-corrected chi connectivity index (χ2v) is 8.23. The van der Waals surface area contributed by atoms with Gasteiger partial charge in [-0.25, -0.2) is 0 Å². The van der Waals surface area contributed by atoms with E-state index in [1.54, 1.807) is 17.0 Å². The van der Waals surface area contributed by atoms with Crippen molar-refractivity contribution >= 4 is 46.2 Å². The average molecular weight is 445 g/mol. The molecule has 0 spiro atoms. The first-order valence-electron chi connectivity index (χ1n) is 9.92. The van der Waals surface area contributed by atoms with Crippen LogP contribution >= 0.6 is 23.4 Å². The van der Waals surface area contributed by atoms with Crippen LogP contribution < -0.4 is 9.64 Å². The maximum Gasteiger partial charge on any atom is 0.271 e. The minimum absolute atomic E-state index is 0.0812. The molecule has 0 atom stereocenters. The van der Waals surface area contributed by atoms with Crippen LogP contribution in [0.15, 0.2) is 52.4 Å². The first-order valence-corrected chi connectivity index (χ1v) is 11.1. The first kappa shape index (κ1) is 22.4. The van der Waals surface area contributed by atoms with E-state index < -0.39 is 0 Å². The topological polar surface area (TPSA) is 62.1 Å². The number of benzene rings is 2. The third-order valence-corrected chi connectivity index (χ3v) is 5.83. The number of amides is 1. The van der Waals surface area contributed by atoms with Crippen molar-refractivity contribution in [3.8, 4) is 5.75 Å². The van der Waals surface area contributed by atoms with E-state index in [-0.39, 0.29) is 19.1 Å². The van der Waals surface area contributed by atoms with Crippen LogP contribution in [0.3, 0.4) is 0 Å². The van der Waals surface area contributed by atoms with E-state index in [4.69, 9.17) is 26.4 Å². The number of unbranched alkanes of at least 4 members (excludes halogenated alkanes) is 1. The number of nitrogens with zero attached hydrogens (tertiary/aromatic N) is 2. The maximum absolute atomic E-state index is 13.3. The number of amidine groups is 1. The van der Waals surface area contributed by atoms with E-state index in [1.165, 1.54) is 11.8 Å². The van der Waals surface area contributed by atoms with Crippen molar-refractivity contribution in [3.63, 3.8) is 0 Å². The van der Waals surface area contributed by atoms with E-state index in [1.807, 2.05) is 43.3 Å². The molecule has 0 unspecified atom stereocenters. The molecule has 1 amide bonds. The van der Waals surface area contributed by atoms with Gasteiger partial charge < -0.3 is 9.84 Å². The van der Waals surface area contributed by atoms with Crippen LogP contribution in [0.1, 0.15) is 30.9 Å². The van der Waals surface area contributed by atoms with Crippen LogP contribution in [0.4, 0.5) is 5.69 Å². The van der Waals surface area contributed by atoms with E-state index in [0.717, 1.165) is 29.7 Å². The Hall–Kier alpha value is -2.28. The highest BCUT2D eigenvalue weighted by atomic mass is 35.5. The standard InChI is InChI=1S/C23H25ClN2O3S/c1-3-4-11-25-23-26(19-8-6-5-7-16(19)2)22(28)21(30-23)15-17-9-10-20(18(24)14-17)29-13-12-27/h5-10,14-15,27H,3-4,11-13H2,1-2H3/b21-15-,25-23?. The second kappa shape index (κ2) is 10.7. The lowest BCUT2D eigenvalue weighted by Gasteiger charge is -2.18. The van der Waals surface area contributed by atoms with Gasteiger partial charge in [-0.15, -0.1) is 0 Å². The van der Waals surface area contributed by atoms with Crippen molar-refractivity contribution in [3.05, 3.63) is 63.5 Å². The van der Waals surface area contributed by atoms with Gasteiger partial charge in [0, 0.05) is 6.54 Å². The third kappa shape index (κ3) is 5.25. The summed E-state index contributed by atoms with van der Waals surface area (Å²) >= 11 is 7.66. The van der Waals surface area contributed by atoms with Gasteiger partial charge in [-0.2, -0.15) is 0 Å². The number of aliphatic hydroxyl groups is 1. The highest BCUT2D eigenvalue weighted by Gasteiger charge is 2.35. The van der Waals surface area contributed by atoms with Crippen LogP contribution in [0, 0.1) is 6.92 Å². The lowest BCUT2D eigenvalue weighted by molar-refractivity contribution is -0.113. The molecule has 5 nitrogen and oxygen atoms in total. The summed E-state index contributed by atoms with van der Waals surface area (Å²) in [6.45, 7) is 4.89. The van der Waals surface area contributed by atoms with Crippen molar-refractivity contribution in [2.24, 2.45) is 4.99 Å². The second-order valence-electron chi connectivity index (χ2n) is 6.82. The zero-order valence-corrected chi connectivity index (χ0v) is 18.7. The molecule has 1 N–H and O–H groups in total. The molecule has 0 radical (unpaired) electrons. The van der Waals surface area contributed by atoms with Crippen molar-refractivity contribution in [1.82, 2.24) is 0 Å². The summed E-state index contributed by atoms with van der Waals surface area (Å²) in [6, 6.07) is 13.1. The minimum atomic E-state index is -0.0960. The molecule has 3 rings (SSSR count). The van der Waals surface area contributed by atoms with Crippen LogP contribution in [0.5, 0.6) is 5.75 Å². The fraction of sp³-hybridized carbons (Fsp3) is 0.304. The number of thioether (sulfide) groups is 1. The summed E-state index contributed by atoms with van der Waals surface area (Å²) in [5.41, 5.74) is 2.66. The molecule has 30 heavy (non-hydrogen) atoms. The van der Waals surface area contributed by atoms with Gasteiger partial charge in [-0.3, -0.25) is 14.7 Å². The lowest BCUT2D eigenvalue weighted by atomic mass is 10.1. The predicted molar refractivity (Wildman–Crippen MR) is 125 cm³/mol. The number of aliphatic imine (C=N–C) groups is 1. The number of carbonyl (C=O) groups is 1. The number of ether oxygens (including phenoxy) is 1. The number of carbonyl (C=O) groups excluding carboxylic acids is 1. The van der Waals surface area contributed by atoms with Gasteiger partial charge in [0.25, 0.3) is 5.91 Å². The molecule has 0 aromatic heterocycles. The molecule has 158 valence electrons. The molecule has 1 fully saturated rings. The van der Waals surface area contributed by atoms with Crippen LogP contribution in [-0.4, -0.2) is 35.9 Å². The van der Waals surface area contributed by atoms with Crippen molar-refractivity contribution in [1.29, 1.82) is 0 Å². The van der Waals surface area contributed by atoms with Crippen molar-refractivity contribution in [2.45, 2.75) is 26.7 Å². The number of rotatable bonds is 8. The molecule has 0 bridgehead atoms.